The zero-order valence-electron chi connectivity index (χ0n) is 8.59. The number of thioether (sulfide) groups is 1. The molecule has 82 valence electrons. The van der Waals surface area contributed by atoms with Crippen molar-refractivity contribution in [3.8, 4) is 0 Å². The molecule has 0 saturated carbocycles. The third kappa shape index (κ3) is 3.23. The Balaban J connectivity index is 3.08. The quantitative estimate of drug-likeness (QED) is 0.473. The lowest BCUT2D eigenvalue weighted by molar-refractivity contribution is 0.0995. The summed E-state index contributed by atoms with van der Waals surface area (Å²) in [4.78, 5) is 12.7. The summed E-state index contributed by atoms with van der Waals surface area (Å²) in [6.07, 6.45) is 1.98. The molecule has 1 atom stereocenters. The van der Waals surface area contributed by atoms with E-state index in [9.17, 15) is 4.79 Å². The number of hydrogen-bond donors (Lipinski definition) is 0. The molecule has 1 nitrogen and oxygen atoms in total. The largest absolute Gasteiger partial charge is 0.293 e. The van der Waals surface area contributed by atoms with Crippen molar-refractivity contribution in [2.24, 2.45) is 0 Å². The average molecular weight is 308 g/mol. The van der Waals surface area contributed by atoms with E-state index in [0.29, 0.717) is 5.88 Å². The van der Waals surface area contributed by atoms with Gasteiger partial charge in [-0.25, -0.2) is 0 Å². The van der Waals surface area contributed by atoms with Crippen molar-refractivity contribution in [1.29, 1.82) is 0 Å². The van der Waals surface area contributed by atoms with E-state index >= 15 is 0 Å². The minimum absolute atomic E-state index is 0.103. The lowest BCUT2D eigenvalue weighted by atomic mass is 10.1. The number of carbonyl (C=O) groups excluding carboxylic acids is 1. The van der Waals surface area contributed by atoms with Crippen molar-refractivity contribution in [3.63, 3.8) is 0 Å². The molecule has 0 bridgehead atoms. The fraction of sp³-hybridized carbons (Fsp3) is 0.364. The molecule has 0 aliphatic rings. The van der Waals surface area contributed by atoms with E-state index in [1.165, 1.54) is 0 Å². The summed E-state index contributed by atoms with van der Waals surface area (Å²) in [5, 5.41) is 0. The Hall–Kier alpha value is 0.01000. The van der Waals surface area contributed by atoms with Crippen LogP contribution < -0.4 is 0 Å². The minimum atomic E-state index is -0.144. The van der Waals surface area contributed by atoms with Gasteiger partial charge in [-0.1, -0.05) is 28.1 Å². The Bertz CT molecular complexity index is 366. The zero-order valence-corrected chi connectivity index (χ0v) is 11.7. The molecule has 0 spiro atoms. The van der Waals surface area contributed by atoms with Gasteiger partial charge in [-0.05, 0) is 24.8 Å². The SMILES string of the molecule is CSc1cc(C(=O)C(C)Br)ccc1CCl. The summed E-state index contributed by atoms with van der Waals surface area (Å²) in [5.41, 5.74) is 1.81. The summed E-state index contributed by atoms with van der Waals surface area (Å²) < 4.78 is 0. The molecule has 0 N–H and O–H groups in total. The van der Waals surface area contributed by atoms with Crippen molar-refractivity contribution < 1.29 is 4.79 Å². The third-order valence-electron chi connectivity index (χ3n) is 2.08. The number of ketones is 1. The van der Waals surface area contributed by atoms with Crippen LogP contribution in [0.4, 0.5) is 0 Å². The molecule has 15 heavy (non-hydrogen) atoms. The van der Waals surface area contributed by atoms with E-state index in [1.54, 1.807) is 11.8 Å². The van der Waals surface area contributed by atoms with Gasteiger partial charge in [0.05, 0.1) is 4.83 Å². The summed E-state index contributed by atoms with van der Waals surface area (Å²) in [5.74, 6) is 0.584. The van der Waals surface area contributed by atoms with Crippen LogP contribution in [0, 0.1) is 0 Å². The number of halogens is 2. The topological polar surface area (TPSA) is 17.1 Å². The van der Waals surface area contributed by atoms with Gasteiger partial charge >= 0.3 is 0 Å². The van der Waals surface area contributed by atoms with Gasteiger partial charge in [-0.3, -0.25) is 4.79 Å². The number of alkyl halides is 2. The number of Topliss-reactive ketones (excluding diaryl/α,β-unsaturated/α-hetero) is 1. The molecule has 1 aromatic carbocycles. The van der Waals surface area contributed by atoms with Crippen LogP contribution in [-0.4, -0.2) is 16.9 Å². The summed E-state index contributed by atoms with van der Waals surface area (Å²) >= 11 is 10.7. The van der Waals surface area contributed by atoms with Crippen molar-refractivity contribution >= 4 is 45.1 Å². The summed E-state index contributed by atoms with van der Waals surface area (Å²) in [7, 11) is 0. The van der Waals surface area contributed by atoms with Crippen LogP contribution in [0.5, 0.6) is 0 Å². The first-order valence-electron chi connectivity index (χ1n) is 4.51. The molecular formula is C11H12BrClOS. The van der Waals surface area contributed by atoms with E-state index in [2.05, 4.69) is 15.9 Å². The number of rotatable bonds is 4. The first kappa shape index (κ1) is 13.1. The van der Waals surface area contributed by atoms with E-state index < -0.39 is 0 Å². The maximum atomic E-state index is 11.7. The molecule has 0 saturated heterocycles. The zero-order chi connectivity index (χ0) is 11.4. The van der Waals surface area contributed by atoms with Gasteiger partial charge in [-0.15, -0.1) is 23.4 Å². The molecule has 4 heteroatoms. The van der Waals surface area contributed by atoms with Crippen LogP contribution in [0.1, 0.15) is 22.8 Å². The molecule has 0 fully saturated rings. The maximum Gasteiger partial charge on any atom is 0.176 e. The van der Waals surface area contributed by atoms with E-state index in [4.69, 9.17) is 11.6 Å². The van der Waals surface area contributed by atoms with Gasteiger partial charge in [0.2, 0.25) is 0 Å². The smallest absolute Gasteiger partial charge is 0.176 e. The van der Waals surface area contributed by atoms with Crippen molar-refractivity contribution in [3.05, 3.63) is 29.3 Å². The van der Waals surface area contributed by atoms with Gasteiger partial charge in [0, 0.05) is 16.3 Å². The second-order valence-electron chi connectivity index (χ2n) is 3.14. The first-order chi connectivity index (χ1) is 7.10. The van der Waals surface area contributed by atoms with Crippen LogP contribution in [0.15, 0.2) is 23.1 Å². The highest BCUT2D eigenvalue weighted by Gasteiger charge is 2.13. The lowest BCUT2D eigenvalue weighted by Crippen LogP contribution is -2.10. The second-order valence-corrected chi connectivity index (χ2v) is 5.63. The minimum Gasteiger partial charge on any atom is -0.293 e. The monoisotopic (exact) mass is 306 g/mol. The van der Waals surface area contributed by atoms with Crippen LogP contribution in [0.25, 0.3) is 0 Å². The van der Waals surface area contributed by atoms with Crippen molar-refractivity contribution in [1.82, 2.24) is 0 Å². The molecule has 1 aromatic rings. The van der Waals surface area contributed by atoms with E-state index in [0.717, 1.165) is 16.0 Å². The lowest BCUT2D eigenvalue weighted by Gasteiger charge is -2.08. The number of benzene rings is 1. The van der Waals surface area contributed by atoms with E-state index in [1.807, 2.05) is 31.4 Å². The van der Waals surface area contributed by atoms with Gasteiger partial charge in [0.15, 0.2) is 5.78 Å². The number of hydrogen-bond acceptors (Lipinski definition) is 2. The number of carbonyl (C=O) groups is 1. The molecule has 0 aliphatic carbocycles. The fourth-order valence-corrected chi connectivity index (χ4v) is 2.46. The Morgan fingerprint density at radius 3 is 2.73 bits per heavy atom. The van der Waals surface area contributed by atoms with Crippen LogP contribution >= 0.6 is 39.3 Å². The average Bonchev–Trinajstić information content (AvgIpc) is 2.26. The Morgan fingerprint density at radius 1 is 1.60 bits per heavy atom. The predicted octanol–water partition coefficient (Wildman–Crippen LogP) is 4.11. The Labute approximate surface area is 108 Å². The highest BCUT2D eigenvalue weighted by molar-refractivity contribution is 9.10. The Kier molecular flexibility index (Phi) is 5.16. The van der Waals surface area contributed by atoms with Crippen molar-refractivity contribution in [2.75, 3.05) is 6.26 Å². The molecule has 0 aromatic heterocycles. The highest BCUT2D eigenvalue weighted by Crippen LogP contribution is 2.24. The summed E-state index contributed by atoms with van der Waals surface area (Å²) in [6, 6.07) is 5.65. The molecule has 0 heterocycles. The predicted molar refractivity (Wildman–Crippen MR) is 70.5 cm³/mol. The summed E-state index contributed by atoms with van der Waals surface area (Å²) in [6.45, 7) is 1.83. The van der Waals surface area contributed by atoms with Gasteiger partial charge in [0.25, 0.3) is 0 Å². The first-order valence-corrected chi connectivity index (χ1v) is 7.18. The fourth-order valence-electron chi connectivity index (χ4n) is 1.24. The third-order valence-corrected chi connectivity index (χ3v) is 3.60. The molecular weight excluding hydrogens is 296 g/mol. The molecule has 1 rings (SSSR count). The van der Waals surface area contributed by atoms with Crippen LogP contribution in [-0.2, 0) is 5.88 Å². The second kappa shape index (κ2) is 5.92. The van der Waals surface area contributed by atoms with Crippen LogP contribution in [0.2, 0.25) is 0 Å². The van der Waals surface area contributed by atoms with Gasteiger partial charge < -0.3 is 0 Å². The molecule has 0 radical (unpaired) electrons. The Morgan fingerprint density at radius 2 is 2.27 bits per heavy atom. The standard InChI is InChI=1S/C11H12BrClOS/c1-7(12)11(14)8-3-4-9(6-13)10(5-8)15-2/h3-5,7H,6H2,1-2H3. The van der Waals surface area contributed by atoms with Crippen LogP contribution in [0.3, 0.4) is 0 Å². The van der Waals surface area contributed by atoms with Gasteiger partial charge in [-0.2, -0.15) is 0 Å². The van der Waals surface area contributed by atoms with Gasteiger partial charge in [0.1, 0.15) is 0 Å². The molecule has 0 aliphatic heterocycles. The molecule has 0 amide bonds. The maximum absolute atomic E-state index is 11.7. The normalized spacial score (nSPS) is 12.5. The molecule has 1 unspecified atom stereocenters. The van der Waals surface area contributed by atoms with E-state index in [-0.39, 0.29) is 10.6 Å². The van der Waals surface area contributed by atoms with Crippen molar-refractivity contribution in [2.45, 2.75) is 22.5 Å². The highest BCUT2D eigenvalue weighted by atomic mass is 79.9.